The first-order valence-corrected chi connectivity index (χ1v) is 6.26. The average molecular weight is 291 g/mol. The summed E-state index contributed by atoms with van der Waals surface area (Å²) in [5, 5.41) is 22.8. The molecule has 2 rings (SSSR count). The Morgan fingerprint density at radius 2 is 2.14 bits per heavy atom. The van der Waals surface area contributed by atoms with Crippen LogP contribution in [0.3, 0.4) is 0 Å². The summed E-state index contributed by atoms with van der Waals surface area (Å²) in [5.74, 6) is -0.739. The van der Waals surface area contributed by atoms with Gasteiger partial charge in [0.15, 0.2) is 0 Å². The first-order valence-electron chi connectivity index (χ1n) is 6.26. The predicted molar refractivity (Wildman–Crippen MR) is 73.3 cm³/mol. The van der Waals surface area contributed by atoms with E-state index in [1.54, 1.807) is 0 Å². The maximum Gasteiger partial charge on any atom is 0.329 e. The fraction of sp³-hybridized carbons (Fsp3) is 0.231. The van der Waals surface area contributed by atoms with Crippen molar-refractivity contribution in [3.05, 3.63) is 39.6 Å². The first-order chi connectivity index (χ1) is 9.93. The number of nitro benzene ring substituents is 1. The summed E-state index contributed by atoms with van der Waals surface area (Å²) >= 11 is 0. The molecule has 1 heterocycles. The third-order valence-electron chi connectivity index (χ3n) is 2.93. The van der Waals surface area contributed by atoms with E-state index >= 15 is 0 Å². The summed E-state index contributed by atoms with van der Waals surface area (Å²) in [6.07, 6.45) is 1.84. The summed E-state index contributed by atoms with van der Waals surface area (Å²) in [5.41, 5.74) is -0.155. The van der Waals surface area contributed by atoms with Crippen LogP contribution in [0.4, 0.5) is 10.5 Å². The number of hydrogen-bond donors (Lipinski definition) is 2. The van der Waals surface area contributed by atoms with Crippen molar-refractivity contribution in [1.82, 2.24) is 10.2 Å². The molecular weight excluding hydrogens is 278 g/mol. The number of non-ortho nitro benzene ring substituents is 1. The largest absolute Gasteiger partial charge is 0.507 e. The van der Waals surface area contributed by atoms with Crippen molar-refractivity contribution < 1.29 is 19.6 Å². The number of benzene rings is 1. The normalized spacial score (nSPS) is 16.4. The molecule has 1 fully saturated rings. The second kappa shape index (κ2) is 5.61. The molecule has 0 aromatic heterocycles. The lowest BCUT2D eigenvalue weighted by molar-refractivity contribution is -0.384. The van der Waals surface area contributed by atoms with Crippen LogP contribution >= 0.6 is 0 Å². The summed E-state index contributed by atoms with van der Waals surface area (Å²) in [7, 11) is 0. The van der Waals surface area contributed by atoms with Crippen LogP contribution in [0.5, 0.6) is 5.75 Å². The molecule has 1 aliphatic heterocycles. The number of phenols is 1. The van der Waals surface area contributed by atoms with Gasteiger partial charge in [-0.1, -0.05) is 6.92 Å². The lowest BCUT2D eigenvalue weighted by Crippen LogP contribution is -2.31. The highest BCUT2D eigenvalue weighted by atomic mass is 16.6. The molecule has 21 heavy (non-hydrogen) atoms. The minimum Gasteiger partial charge on any atom is -0.507 e. The molecule has 3 amide bonds. The lowest BCUT2D eigenvalue weighted by Gasteiger charge is -2.08. The van der Waals surface area contributed by atoms with Crippen LogP contribution in [0.15, 0.2) is 23.9 Å². The third-order valence-corrected chi connectivity index (χ3v) is 2.93. The number of rotatable bonds is 4. The van der Waals surface area contributed by atoms with Crippen LogP contribution in [0, 0.1) is 10.1 Å². The maximum absolute atomic E-state index is 12.0. The highest BCUT2D eigenvalue weighted by Gasteiger charge is 2.32. The number of imide groups is 1. The molecule has 0 atom stereocenters. The molecule has 0 unspecified atom stereocenters. The average Bonchev–Trinajstić information content (AvgIpc) is 2.69. The number of nitrogens with zero attached hydrogens (tertiary/aromatic N) is 2. The number of aromatic hydroxyl groups is 1. The topological polar surface area (TPSA) is 113 Å². The SMILES string of the molecule is CCCN1C(=O)N/C(=C/c2cc([N+](=O)[O-])ccc2O)C1=O. The molecule has 8 nitrogen and oxygen atoms in total. The third kappa shape index (κ3) is 2.83. The van der Waals surface area contributed by atoms with Crippen LogP contribution in [0.2, 0.25) is 0 Å². The van der Waals surface area contributed by atoms with E-state index < -0.39 is 16.9 Å². The van der Waals surface area contributed by atoms with Crippen LogP contribution in [0.1, 0.15) is 18.9 Å². The number of hydrogen-bond acceptors (Lipinski definition) is 5. The smallest absolute Gasteiger partial charge is 0.329 e. The maximum atomic E-state index is 12.0. The molecule has 0 aliphatic carbocycles. The van der Waals surface area contributed by atoms with E-state index in [1.165, 1.54) is 6.08 Å². The van der Waals surface area contributed by atoms with Gasteiger partial charge in [-0.2, -0.15) is 0 Å². The minimum absolute atomic E-state index is 0.0238. The van der Waals surface area contributed by atoms with Crippen molar-refractivity contribution in [3.63, 3.8) is 0 Å². The second-order valence-corrected chi connectivity index (χ2v) is 4.45. The van der Waals surface area contributed by atoms with E-state index in [4.69, 9.17) is 0 Å². The van der Waals surface area contributed by atoms with E-state index in [9.17, 15) is 24.8 Å². The summed E-state index contributed by atoms with van der Waals surface area (Å²) in [6, 6.07) is 2.90. The van der Waals surface area contributed by atoms with Gasteiger partial charge in [0.2, 0.25) is 0 Å². The molecule has 1 saturated heterocycles. The van der Waals surface area contributed by atoms with Gasteiger partial charge in [-0.3, -0.25) is 19.8 Å². The van der Waals surface area contributed by atoms with Gasteiger partial charge in [0.25, 0.3) is 11.6 Å². The summed E-state index contributed by atoms with van der Waals surface area (Å²) in [4.78, 5) is 34.8. The molecular formula is C13H13N3O5. The molecule has 1 aliphatic rings. The number of carbonyl (C=O) groups is 2. The Labute approximate surface area is 119 Å². The monoisotopic (exact) mass is 291 g/mol. The van der Waals surface area contributed by atoms with Gasteiger partial charge in [0, 0.05) is 24.2 Å². The quantitative estimate of drug-likeness (QED) is 0.378. The zero-order chi connectivity index (χ0) is 15.6. The molecule has 2 N–H and O–H groups in total. The Bertz CT molecular complexity index is 653. The van der Waals surface area contributed by atoms with Crippen molar-refractivity contribution in [2.45, 2.75) is 13.3 Å². The van der Waals surface area contributed by atoms with Gasteiger partial charge in [0.1, 0.15) is 11.4 Å². The molecule has 1 aromatic rings. The number of urea groups is 1. The zero-order valence-corrected chi connectivity index (χ0v) is 11.2. The van der Waals surface area contributed by atoms with Crippen molar-refractivity contribution in [3.8, 4) is 5.75 Å². The fourth-order valence-corrected chi connectivity index (χ4v) is 1.92. The van der Waals surface area contributed by atoms with Crippen molar-refractivity contribution >= 4 is 23.7 Å². The van der Waals surface area contributed by atoms with E-state index in [-0.39, 0.29) is 29.2 Å². The Hall–Kier alpha value is -2.90. The Morgan fingerprint density at radius 1 is 1.43 bits per heavy atom. The fourth-order valence-electron chi connectivity index (χ4n) is 1.92. The predicted octanol–water partition coefficient (Wildman–Crippen LogP) is 1.60. The van der Waals surface area contributed by atoms with Crippen LogP contribution < -0.4 is 5.32 Å². The van der Waals surface area contributed by atoms with Gasteiger partial charge in [0.05, 0.1) is 4.92 Å². The van der Waals surface area contributed by atoms with Crippen molar-refractivity contribution in [2.24, 2.45) is 0 Å². The number of nitrogens with one attached hydrogen (secondary N) is 1. The minimum atomic E-state index is -0.611. The molecule has 1 aromatic carbocycles. The number of amides is 3. The number of phenolic OH excluding ortho intramolecular Hbond substituents is 1. The number of carbonyl (C=O) groups excluding carboxylic acids is 2. The molecule has 0 saturated carbocycles. The van der Waals surface area contributed by atoms with E-state index in [0.717, 1.165) is 23.1 Å². The number of nitro groups is 1. The molecule has 110 valence electrons. The van der Waals surface area contributed by atoms with Gasteiger partial charge >= 0.3 is 6.03 Å². The molecule has 0 radical (unpaired) electrons. The Balaban J connectivity index is 2.36. The van der Waals surface area contributed by atoms with E-state index in [0.29, 0.717) is 6.42 Å². The molecule has 0 spiro atoms. The van der Waals surface area contributed by atoms with Gasteiger partial charge in [-0.25, -0.2) is 4.79 Å². The summed E-state index contributed by atoms with van der Waals surface area (Å²) in [6.45, 7) is 2.11. The summed E-state index contributed by atoms with van der Waals surface area (Å²) < 4.78 is 0. The first kappa shape index (κ1) is 14.5. The van der Waals surface area contributed by atoms with Gasteiger partial charge in [-0.05, 0) is 18.6 Å². The van der Waals surface area contributed by atoms with Gasteiger partial charge in [-0.15, -0.1) is 0 Å². The highest BCUT2D eigenvalue weighted by molar-refractivity contribution is 6.14. The second-order valence-electron chi connectivity index (χ2n) is 4.45. The van der Waals surface area contributed by atoms with Crippen molar-refractivity contribution in [1.29, 1.82) is 0 Å². The van der Waals surface area contributed by atoms with Gasteiger partial charge < -0.3 is 10.4 Å². The zero-order valence-electron chi connectivity index (χ0n) is 11.2. The van der Waals surface area contributed by atoms with Crippen LogP contribution in [-0.4, -0.2) is 33.4 Å². The van der Waals surface area contributed by atoms with E-state index in [2.05, 4.69) is 5.32 Å². The Kier molecular flexibility index (Phi) is 3.88. The van der Waals surface area contributed by atoms with Crippen LogP contribution in [-0.2, 0) is 4.79 Å². The molecule has 8 heteroatoms. The lowest BCUT2D eigenvalue weighted by atomic mass is 10.1. The Morgan fingerprint density at radius 3 is 2.76 bits per heavy atom. The highest BCUT2D eigenvalue weighted by Crippen LogP contribution is 2.26. The standard InChI is InChI=1S/C13H13N3O5/c1-2-5-15-12(18)10(14-13(15)19)7-8-6-9(16(20)21)3-4-11(8)17/h3-4,6-7,17H,2,5H2,1H3,(H,14,19)/b10-7+. The van der Waals surface area contributed by atoms with Crippen LogP contribution in [0.25, 0.3) is 6.08 Å². The van der Waals surface area contributed by atoms with E-state index in [1.807, 2.05) is 6.92 Å². The molecule has 0 bridgehead atoms. The van der Waals surface area contributed by atoms with Crippen molar-refractivity contribution in [2.75, 3.05) is 6.54 Å².